The van der Waals surface area contributed by atoms with E-state index in [1.165, 1.54) is 18.2 Å². The Labute approximate surface area is 95.4 Å². The van der Waals surface area contributed by atoms with Gasteiger partial charge in [-0.3, -0.25) is 0 Å². The molecule has 2 N–H and O–H groups in total. The van der Waals surface area contributed by atoms with Crippen LogP contribution in [0.4, 0.5) is 4.39 Å². The van der Waals surface area contributed by atoms with Gasteiger partial charge in [0, 0.05) is 6.04 Å². The van der Waals surface area contributed by atoms with Gasteiger partial charge in [0.1, 0.15) is 5.82 Å². The Balaban J connectivity index is 2.86. The van der Waals surface area contributed by atoms with E-state index < -0.39 is 21.7 Å². The van der Waals surface area contributed by atoms with E-state index in [1.807, 2.05) is 6.92 Å². The molecule has 0 radical (unpaired) electrons. The highest BCUT2D eigenvalue weighted by Crippen LogP contribution is 2.14. The molecule has 1 aromatic carbocycles. The van der Waals surface area contributed by atoms with Crippen LogP contribution in [0.1, 0.15) is 19.8 Å². The van der Waals surface area contributed by atoms with E-state index >= 15 is 0 Å². The first-order valence-electron chi connectivity index (χ1n) is 5.19. The molecular formula is C11H16FNO2S. The maximum atomic E-state index is 12.9. The number of hydrogen-bond donors (Lipinski definition) is 1. The van der Waals surface area contributed by atoms with Gasteiger partial charge in [0.2, 0.25) is 0 Å². The van der Waals surface area contributed by atoms with E-state index in [-0.39, 0.29) is 10.6 Å². The van der Waals surface area contributed by atoms with Gasteiger partial charge in [0.05, 0.1) is 10.6 Å². The molecule has 90 valence electrons. The molecule has 16 heavy (non-hydrogen) atoms. The van der Waals surface area contributed by atoms with Gasteiger partial charge in [0.15, 0.2) is 9.84 Å². The van der Waals surface area contributed by atoms with Gasteiger partial charge in [-0.05, 0) is 24.6 Å². The predicted octanol–water partition coefficient (Wildman–Crippen LogP) is 1.73. The monoisotopic (exact) mass is 245 g/mol. The maximum absolute atomic E-state index is 12.9. The van der Waals surface area contributed by atoms with E-state index in [9.17, 15) is 12.8 Å². The van der Waals surface area contributed by atoms with Gasteiger partial charge in [-0.1, -0.05) is 19.4 Å². The molecule has 0 amide bonds. The summed E-state index contributed by atoms with van der Waals surface area (Å²) >= 11 is 0. The van der Waals surface area contributed by atoms with E-state index in [4.69, 9.17) is 5.73 Å². The minimum Gasteiger partial charge on any atom is -0.327 e. The van der Waals surface area contributed by atoms with Gasteiger partial charge in [0.25, 0.3) is 0 Å². The van der Waals surface area contributed by atoms with Crippen LogP contribution in [0.5, 0.6) is 0 Å². The lowest BCUT2D eigenvalue weighted by Crippen LogP contribution is -2.29. The smallest absolute Gasteiger partial charge is 0.179 e. The lowest BCUT2D eigenvalue weighted by atomic mass is 10.2. The standard InChI is InChI=1S/C11H16FNO2S/c1-2-4-10(13)8-16(14,15)11-6-3-5-9(12)7-11/h3,5-7,10H,2,4,8,13H2,1H3. The summed E-state index contributed by atoms with van der Waals surface area (Å²) in [6.07, 6.45) is 1.48. The van der Waals surface area contributed by atoms with Crippen molar-refractivity contribution in [2.75, 3.05) is 5.75 Å². The Morgan fingerprint density at radius 2 is 2.12 bits per heavy atom. The highest BCUT2D eigenvalue weighted by molar-refractivity contribution is 7.91. The third-order valence-electron chi connectivity index (χ3n) is 2.25. The lowest BCUT2D eigenvalue weighted by molar-refractivity contribution is 0.574. The van der Waals surface area contributed by atoms with Gasteiger partial charge in [-0.25, -0.2) is 12.8 Å². The van der Waals surface area contributed by atoms with Gasteiger partial charge >= 0.3 is 0 Å². The molecule has 1 unspecified atom stereocenters. The van der Waals surface area contributed by atoms with E-state index in [0.717, 1.165) is 12.5 Å². The highest BCUT2D eigenvalue weighted by atomic mass is 32.2. The quantitative estimate of drug-likeness (QED) is 0.859. The van der Waals surface area contributed by atoms with Crippen LogP contribution in [0.3, 0.4) is 0 Å². The molecular weight excluding hydrogens is 229 g/mol. The summed E-state index contributed by atoms with van der Waals surface area (Å²) in [6, 6.07) is 4.61. The van der Waals surface area contributed by atoms with E-state index in [1.54, 1.807) is 0 Å². The summed E-state index contributed by atoms with van der Waals surface area (Å²) in [7, 11) is -3.47. The number of nitrogens with two attached hydrogens (primary N) is 1. The minimum absolute atomic E-state index is 0.000877. The molecule has 0 fully saturated rings. The number of benzene rings is 1. The molecule has 1 atom stereocenters. The van der Waals surface area contributed by atoms with Crippen LogP contribution in [0.25, 0.3) is 0 Å². The van der Waals surface area contributed by atoms with E-state index in [0.29, 0.717) is 6.42 Å². The maximum Gasteiger partial charge on any atom is 0.179 e. The Bertz CT molecular complexity index is 445. The van der Waals surface area contributed by atoms with Crippen LogP contribution in [0.15, 0.2) is 29.2 Å². The molecule has 1 rings (SSSR count). The predicted molar refractivity (Wildman–Crippen MR) is 61.3 cm³/mol. The first-order valence-corrected chi connectivity index (χ1v) is 6.85. The molecule has 0 spiro atoms. The second kappa shape index (κ2) is 5.41. The van der Waals surface area contributed by atoms with E-state index in [2.05, 4.69) is 0 Å². The molecule has 1 aromatic rings. The summed E-state index contributed by atoms with van der Waals surface area (Å²) in [6.45, 7) is 1.94. The average Bonchev–Trinajstić information content (AvgIpc) is 2.17. The molecule has 0 aromatic heterocycles. The fraction of sp³-hybridized carbons (Fsp3) is 0.455. The lowest BCUT2D eigenvalue weighted by Gasteiger charge is -2.10. The summed E-state index contributed by atoms with van der Waals surface area (Å²) in [5.74, 6) is -0.685. The van der Waals surface area contributed by atoms with Crippen molar-refractivity contribution in [1.29, 1.82) is 0 Å². The molecule has 0 heterocycles. The van der Waals surface area contributed by atoms with Gasteiger partial charge < -0.3 is 5.73 Å². The molecule has 0 saturated carbocycles. The van der Waals surface area contributed by atoms with Crippen LogP contribution in [0, 0.1) is 5.82 Å². The van der Waals surface area contributed by atoms with Crippen molar-refractivity contribution in [1.82, 2.24) is 0 Å². The highest BCUT2D eigenvalue weighted by Gasteiger charge is 2.18. The zero-order valence-electron chi connectivity index (χ0n) is 9.19. The van der Waals surface area contributed by atoms with Crippen molar-refractivity contribution < 1.29 is 12.8 Å². The second-order valence-electron chi connectivity index (χ2n) is 3.79. The zero-order chi connectivity index (χ0) is 12.2. The normalized spacial score (nSPS) is 13.7. The van der Waals surface area contributed by atoms with Gasteiger partial charge in [-0.15, -0.1) is 0 Å². The largest absolute Gasteiger partial charge is 0.327 e. The fourth-order valence-corrected chi connectivity index (χ4v) is 2.99. The van der Waals surface area contributed by atoms with Crippen molar-refractivity contribution in [2.24, 2.45) is 5.73 Å². The number of hydrogen-bond acceptors (Lipinski definition) is 3. The molecule has 3 nitrogen and oxygen atoms in total. The molecule has 0 aliphatic carbocycles. The first-order chi connectivity index (χ1) is 7.45. The Morgan fingerprint density at radius 3 is 2.69 bits per heavy atom. The summed E-state index contributed by atoms with van der Waals surface area (Å²) < 4.78 is 36.5. The third kappa shape index (κ3) is 3.57. The molecule has 0 bridgehead atoms. The summed E-state index contributed by atoms with van der Waals surface area (Å²) in [5.41, 5.74) is 5.67. The van der Waals surface area contributed by atoms with Crippen molar-refractivity contribution in [2.45, 2.75) is 30.7 Å². The molecule has 0 saturated heterocycles. The SMILES string of the molecule is CCCC(N)CS(=O)(=O)c1cccc(F)c1. The molecule has 0 aliphatic heterocycles. The number of rotatable bonds is 5. The average molecular weight is 245 g/mol. The third-order valence-corrected chi connectivity index (χ3v) is 4.09. The second-order valence-corrected chi connectivity index (χ2v) is 5.82. The van der Waals surface area contributed by atoms with Crippen LogP contribution in [-0.2, 0) is 9.84 Å². The summed E-state index contributed by atoms with van der Waals surface area (Å²) in [4.78, 5) is -0.000877. The Hall–Kier alpha value is -0.940. The van der Waals surface area contributed by atoms with Crippen molar-refractivity contribution in [3.63, 3.8) is 0 Å². The molecule has 5 heteroatoms. The van der Waals surface area contributed by atoms with Crippen molar-refractivity contribution >= 4 is 9.84 Å². The Morgan fingerprint density at radius 1 is 1.44 bits per heavy atom. The van der Waals surface area contributed by atoms with Crippen LogP contribution >= 0.6 is 0 Å². The van der Waals surface area contributed by atoms with Crippen molar-refractivity contribution in [3.8, 4) is 0 Å². The van der Waals surface area contributed by atoms with Gasteiger partial charge in [-0.2, -0.15) is 0 Å². The fourth-order valence-electron chi connectivity index (χ4n) is 1.49. The van der Waals surface area contributed by atoms with Crippen molar-refractivity contribution in [3.05, 3.63) is 30.1 Å². The van der Waals surface area contributed by atoms with Crippen LogP contribution < -0.4 is 5.73 Å². The number of halogens is 1. The van der Waals surface area contributed by atoms with Crippen LogP contribution in [-0.4, -0.2) is 20.2 Å². The topological polar surface area (TPSA) is 60.2 Å². The Kier molecular flexibility index (Phi) is 4.44. The van der Waals surface area contributed by atoms with Crippen LogP contribution in [0.2, 0.25) is 0 Å². The minimum atomic E-state index is -3.47. The first kappa shape index (κ1) is 13.1. The zero-order valence-corrected chi connectivity index (χ0v) is 10.0. The number of sulfone groups is 1. The molecule has 0 aliphatic rings. The summed E-state index contributed by atoms with van der Waals surface area (Å²) in [5, 5.41) is 0.